The molecule has 4 rings (SSSR count). The molecule has 2 heterocycles. The molecule has 1 unspecified atom stereocenters. The molecule has 1 aliphatic heterocycles. The highest BCUT2D eigenvalue weighted by Crippen LogP contribution is 2.37. The molecular formula is C19H15NO5S. The number of fused-ring (bicyclic) bond motifs is 2. The highest BCUT2D eigenvalue weighted by atomic mass is 32.1. The number of hydrogen-bond donors (Lipinski definition) is 1. The zero-order valence-corrected chi connectivity index (χ0v) is 14.7. The quantitative estimate of drug-likeness (QED) is 0.716. The number of methoxy groups -OCH3 is 1. The number of anilines is 1. The van der Waals surface area contributed by atoms with E-state index in [1.54, 1.807) is 12.1 Å². The maximum Gasteiger partial charge on any atom is 0.350 e. The topological polar surface area (TPSA) is 73.9 Å². The normalized spacial score (nSPS) is 15.5. The van der Waals surface area contributed by atoms with Crippen LogP contribution in [-0.2, 0) is 9.53 Å². The van der Waals surface area contributed by atoms with Crippen molar-refractivity contribution in [3.8, 4) is 11.5 Å². The molecule has 1 N–H and O–H groups in total. The second-order valence-electron chi connectivity index (χ2n) is 5.65. The molecule has 6 nitrogen and oxygen atoms in total. The van der Waals surface area contributed by atoms with E-state index in [-0.39, 0.29) is 12.5 Å². The first kappa shape index (κ1) is 16.4. The Morgan fingerprint density at radius 1 is 1.12 bits per heavy atom. The molecule has 1 aliphatic rings. The second kappa shape index (κ2) is 6.68. The monoisotopic (exact) mass is 369 g/mol. The Bertz CT molecular complexity index is 997. The van der Waals surface area contributed by atoms with Crippen LogP contribution in [0.5, 0.6) is 11.5 Å². The number of carbonyl (C=O) groups is 2. The first-order valence-corrected chi connectivity index (χ1v) is 8.78. The molecule has 132 valence electrons. The van der Waals surface area contributed by atoms with Gasteiger partial charge in [0, 0.05) is 10.1 Å². The molecule has 3 aromatic rings. The van der Waals surface area contributed by atoms with Crippen molar-refractivity contribution in [3.63, 3.8) is 0 Å². The lowest BCUT2D eigenvalue weighted by Crippen LogP contribution is -2.40. The molecule has 0 saturated carbocycles. The maximum atomic E-state index is 12.7. The maximum absolute atomic E-state index is 12.7. The molecule has 2 aromatic carbocycles. The van der Waals surface area contributed by atoms with Crippen LogP contribution in [-0.4, -0.2) is 31.7 Å². The fraction of sp³-hybridized carbons (Fsp3) is 0.158. The third-order valence-electron chi connectivity index (χ3n) is 4.02. The van der Waals surface area contributed by atoms with E-state index in [2.05, 4.69) is 5.32 Å². The van der Waals surface area contributed by atoms with Crippen molar-refractivity contribution in [3.05, 3.63) is 53.4 Å². The summed E-state index contributed by atoms with van der Waals surface area (Å²) in [6.07, 6.45) is -0.811. The predicted octanol–water partition coefficient (Wildman–Crippen LogP) is 3.47. The van der Waals surface area contributed by atoms with Gasteiger partial charge in [0.05, 0.1) is 12.8 Å². The number of benzene rings is 2. The minimum atomic E-state index is -0.811. The summed E-state index contributed by atoms with van der Waals surface area (Å²) in [6.45, 7) is 0.0957. The summed E-state index contributed by atoms with van der Waals surface area (Å²) in [5.41, 5.74) is 0.435. The van der Waals surface area contributed by atoms with Gasteiger partial charge in [-0.25, -0.2) is 4.79 Å². The number of esters is 1. The summed E-state index contributed by atoms with van der Waals surface area (Å²) in [6, 6.07) is 14.6. The number of thiophene rings is 1. The van der Waals surface area contributed by atoms with Crippen LogP contribution in [0.1, 0.15) is 9.67 Å². The van der Waals surface area contributed by atoms with Crippen molar-refractivity contribution in [2.75, 3.05) is 19.0 Å². The Kier molecular flexibility index (Phi) is 4.22. The lowest BCUT2D eigenvalue weighted by Gasteiger charge is -2.25. The molecule has 0 spiro atoms. The number of hydrogen-bond acceptors (Lipinski definition) is 6. The van der Waals surface area contributed by atoms with Gasteiger partial charge in [-0.2, -0.15) is 0 Å². The van der Waals surface area contributed by atoms with Gasteiger partial charge in [-0.15, -0.1) is 11.3 Å². The van der Waals surface area contributed by atoms with Crippen LogP contribution >= 0.6 is 11.3 Å². The van der Waals surface area contributed by atoms with Gasteiger partial charge in [0.2, 0.25) is 6.10 Å². The molecule has 0 radical (unpaired) electrons. The first-order chi connectivity index (χ1) is 12.7. The zero-order valence-electron chi connectivity index (χ0n) is 13.9. The molecule has 0 saturated heterocycles. The molecule has 0 fully saturated rings. The van der Waals surface area contributed by atoms with Gasteiger partial charge in [-0.3, -0.25) is 4.79 Å². The van der Waals surface area contributed by atoms with Crippen molar-refractivity contribution in [2.45, 2.75) is 6.10 Å². The number of rotatable bonds is 3. The first-order valence-electron chi connectivity index (χ1n) is 7.96. The van der Waals surface area contributed by atoms with Gasteiger partial charge in [0.25, 0.3) is 5.91 Å². The highest BCUT2D eigenvalue weighted by molar-refractivity contribution is 7.21. The number of nitrogens with one attached hydrogen (secondary N) is 1. The van der Waals surface area contributed by atoms with E-state index < -0.39 is 12.1 Å². The van der Waals surface area contributed by atoms with Crippen LogP contribution < -0.4 is 14.8 Å². The van der Waals surface area contributed by atoms with Crippen molar-refractivity contribution >= 4 is 39.0 Å². The Morgan fingerprint density at radius 3 is 2.65 bits per heavy atom. The summed E-state index contributed by atoms with van der Waals surface area (Å²) in [4.78, 5) is 25.2. The summed E-state index contributed by atoms with van der Waals surface area (Å²) in [5, 5.41) is 3.60. The van der Waals surface area contributed by atoms with Gasteiger partial charge in [0.1, 0.15) is 11.5 Å². The second-order valence-corrected chi connectivity index (χ2v) is 6.70. The van der Waals surface area contributed by atoms with E-state index in [4.69, 9.17) is 14.2 Å². The van der Waals surface area contributed by atoms with Crippen LogP contribution in [0.2, 0.25) is 0 Å². The smallest absolute Gasteiger partial charge is 0.350 e. The number of ether oxygens (including phenoxy) is 3. The standard InChI is InChI=1S/C19H15NO5S/c1-23-19(22)17-16(11-6-2-5-9-15(11)26-17)20-18(21)14-10-24-12-7-3-4-8-13(12)25-14/h2-9,14H,10H2,1H3,(H,20,21). The van der Waals surface area contributed by atoms with Gasteiger partial charge in [0.15, 0.2) is 11.5 Å². The van der Waals surface area contributed by atoms with Crippen LogP contribution in [0.3, 0.4) is 0 Å². The average molecular weight is 369 g/mol. The van der Waals surface area contributed by atoms with Crippen molar-refractivity contribution in [1.82, 2.24) is 0 Å². The SMILES string of the molecule is COC(=O)c1sc2ccccc2c1NC(=O)C1COc2ccccc2O1. The van der Waals surface area contributed by atoms with Crippen molar-refractivity contribution in [2.24, 2.45) is 0 Å². The summed E-state index contributed by atoms with van der Waals surface area (Å²) in [5.74, 6) is 0.246. The molecule has 0 bridgehead atoms. The lowest BCUT2D eigenvalue weighted by atomic mass is 10.2. The van der Waals surface area contributed by atoms with E-state index in [1.165, 1.54) is 18.4 Å². The van der Waals surface area contributed by atoms with Crippen molar-refractivity contribution in [1.29, 1.82) is 0 Å². The summed E-state index contributed by atoms with van der Waals surface area (Å²) < 4.78 is 17.0. The molecule has 0 aliphatic carbocycles. The third kappa shape index (κ3) is 2.86. The predicted molar refractivity (Wildman–Crippen MR) is 98.1 cm³/mol. The third-order valence-corrected chi connectivity index (χ3v) is 5.17. The molecule has 26 heavy (non-hydrogen) atoms. The van der Waals surface area contributed by atoms with E-state index >= 15 is 0 Å². The summed E-state index contributed by atoms with van der Waals surface area (Å²) in [7, 11) is 1.31. The van der Waals surface area contributed by atoms with Crippen LogP contribution in [0.4, 0.5) is 5.69 Å². The Balaban J connectivity index is 1.63. The Labute approximate surface area is 153 Å². The van der Waals surface area contributed by atoms with Crippen LogP contribution in [0.25, 0.3) is 10.1 Å². The fourth-order valence-corrected chi connectivity index (χ4v) is 3.83. The van der Waals surface area contributed by atoms with Crippen LogP contribution in [0.15, 0.2) is 48.5 Å². The minimum absolute atomic E-state index is 0.0957. The van der Waals surface area contributed by atoms with E-state index in [0.29, 0.717) is 22.1 Å². The molecule has 1 atom stereocenters. The van der Waals surface area contributed by atoms with Crippen molar-refractivity contribution < 1.29 is 23.8 Å². The van der Waals surface area contributed by atoms with Gasteiger partial charge in [-0.1, -0.05) is 30.3 Å². The average Bonchev–Trinajstić information content (AvgIpc) is 3.05. The minimum Gasteiger partial charge on any atom is -0.485 e. The largest absolute Gasteiger partial charge is 0.485 e. The number of amides is 1. The molecule has 1 aromatic heterocycles. The zero-order chi connectivity index (χ0) is 18.1. The highest BCUT2D eigenvalue weighted by Gasteiger charge is 2.29. The Hall–Kier alpha value is -3.06. The fourth-order valence-electron chi connectivity index (χ4n) is 2.76. The number of para-hydroxylation sites is 2. The van der Waals surface area contributed by atoms with Crippen LogP contribution in [0, 0.1) is 0 Å². The van der Waals surface area contributed by atoms with E-state index in [1.807, 2.05) is 36.4 Å². The van der Waals surface area contributed by atoms with Gasteiger partial charge < -0.3 is 19.5 Å². The van der Waals surface area contributed by atoms with Gasteiger partial charge in [-0.05, 0) is 18.2 Å². The van der Waals surface area contributed by atoms with E-state index in [0.717, 1.165) is 10.1 Å². The number of carbonyl (C=O) groups excluding carboxylic acids is 2. The molecular weight excluding hydrogens is 354 g/mol. The summed E-state index contributed by atoms with van der Waals surface area (Å²) >= 11 is 1.27. The van der Waals surface area contributed by atoms with Gasteiger partial charge >= 0.3 is 5.97 Å². The lowest BCUT2D eigenvalue weighted by molar-refractivity contribution is -0.125. The Morgan fingerprint density at radius 2 is 1.85 bits per heavy atom. The van der Waals surface area contributed by atoms with E-state index in [9.17, 15) is 9.59 Å². The molecule has 1 amide bonds. The molecule has 7 heteroatoms.